The SMILES string of the molecule is Brc1cn(CC2CCCCO2)nc1I. The van der Waals surface area contributed by atoms with Gasteiger partial charge < -0.3 is 4.74 Å². The van der Waals surface area contributed by atoms with Crippen molar-refractivity contribution in [3.05, 3.63) is 14.4 Å². The van der Waals surface area contributed by atoms with Crippen molar-refractivity contribution in [1.29, 1.82) is 0 Å². The van der Waals surface area contributed by atoms with Gasteiger partial charge in [0.1, 0.15) is 3.70 Å². The Kier molecular flexibility index (Phi) is 3.84. The molecular formula is C9H12BrIN2O. The van der Waals surface area contributed by atoms with Crippen LogP contribution >= 0.6 is 38.5 Å². The molecule has 5 heteroatoms. The lowest BCUT2D eigenvalue weighted by Crippen LogP contribution is -2.24. The van der Waals surface area contributed by atoms with Crippen molar-refractivity contribution in [2.75, 3.05) is 6.61 Å². The molecule has 2 rings (SSSR count). The molecule has 1 aliphatic heterocycles. The fourth-order valence-electron chi connectivity index (χ4n) is 1.63. The molecule has 78 valence electrons. The van der Waals surface area contributed by atoms with E-state index in [1.807, 2.05) is 10.9 Å². The van der Waals surface area contributed by atoms with E-state index in [-0.39, 0.29) is 0 Å². The average molecular weight is 371 g/mol. The largest absolute Gasteiger partial charge is 0.376 e. The van der Waals surface area contributed by atoms with Gasteiger partial charge >= 0.3 is 0 Å². The van der Waals surface area contributed by atoms with Crippen LogP contribution in [0.25, 0.3) is 0 Å². The highest BCUT2D eigenvalue weighted by atomic mass is 127. The summed E-state index contributed by atoms with van der Waals surface area (Å²) in [5.74, 6) is 0. The van der Waals surface area contributed by atoms with Crippen molar-refractivity contribution in [3.8, 4) is 0 Å². The van der Waals surface area contributed by atoms with Crippen molar-refractivity contribution in [1.82, 2.24) is 9.78 Å². The monoisotopic (exact) mass is 370 g/mol. The van der Waals surface area contributed by atoms with Gasteiger partial charge in [0.05, 0.1) is 17.1 Å². The molecule has 0 radical (unpaired) electrons. The van der Waals surface area contributed by atoms with Crippen LogP contribution in [0.1, 0.15) is 19.3 Å². The molecule has 0 aliphatic carbocycles. The Labute approximate surface area is 105 Å². The third-order valence-electron chi connectivity index (χ3n) is 2.34. The Morgan fingerprint density at radius 3 is 3.07 bits per heavy atom. The van der Waals surface area contributed by atoms with Crippen molar-refractivity contribution in [2.45, 2.75) is 31.9 Å². The van der Waals surface area contributed by atoms with Crippen LogP contribution in [-0.4, -0.2) is 22.5 Å². The van der Waals surface area contributed by atoms with Gasteiger partial charge in [0.25, 0.3) is 0 Å². The topological polar surface area (TPSA) is 27.1 Å². The Morgan fingerprint density at radius 2 is 2.50 bits per heavy atom. The van der Waals surface area contributed by atoms with Crippen LogP contribution in [0.15, 0.2) is 10.7 Å². The van der Waals surface area contributed by atoms with Gasteiger partial charge in [0.15, 0.2) is 0 Å². The average Bonchev–Trinajstić information content (AvgIpc) is 2.47. The zero-order chi connectivity index (χ0) is 9.97. The molecule has 1 unspecified atom stereocenters. The summed E-state index contributed by atoms with van der Waals surface area (Å²) < 4.78 is 9.69. The number of hydrogen-bond donors (Lipinski definition) is 0. The zero-order valence-electron chi connectivity index (χ0n) is 7.75. The second-order valence-corrected chi connectivity index (χ2v) is 5.35. The summed E-state index contributed by atoms with van der Waals surface area (Å²) in [4.78, 5) is 0. The summed E-state index contributed by atoms with van der Waals surface area (Å²) in [5.41, 5.74) is 0. The van der Waals surface area contributed by atoms with Crippen molar-refractivity contribution in [3.63, 3.8) is 0 Å². The highest BCUT2D eigenvalue weighted by Gasteiger charge is 2.15. The molecule has 1 aromatic heterocycles. The van der Waals surface area contributed by atoms with Gasteiger partial charge in [0.2, 0.25) is 0 Å². The number of aromatic nitrogens is 2. The van der Waals surface area contributed by atoms with Gasteiger partial charge in [-0.05, 0) is 57.8 Å². The molecule has 2 heterocycles. The van der Waals surface area contributed by atoms with E-state index in [9.17, 15) is 0 Å². The molecule has 0 saturated carbocycles. The molecule has 1 aliphatic rings. The van der Waals surface area contributed by atoms with Crippen LogP contribution in [0.5, 0.6) is 0 Å². The maximum absolute atomic E-state index is 5.65. The van der Waals surface area contributed by atoms with Gasteiger partial charge in [0, 0.05) is 12.8 Å². The Balaban J connectivity index is 1.95. The summed E-state index contributed by atoms with van der Waals surface area (Å²) in [6.45, 7) is 1.78. The van der Waals surface area contributed by atoms with Crippen LogP contribution < -0.4 is 0 Å². The highest BCUT2D eigenvalue weighted by molar-refractivity contribution is 14.1. The third-order valence-corrected chi connectivity index (χ3v) is 4.46. The number of nitrogens with zero attached hydrogens (tertiary/aromatic N) is 2. The predicted molar refractivity (Wildman–Crippen MR) is 66.2 cm³/mol. The molecule has 1 aromatic rings. The molecular weight excluding hydrogens is 359 g/mol. The highest BCUT2D eigenvalue weighted by Crippen LogP contribution is 2.19. The minimum absolute atomic E-state index is 0.353. The van der Waals surface area contributed by atoms with Crippen molar-refractivity contribution >= 4 is 38.5 Å². The first-order chi connectivity index (χ1) is 6.75. The second-order valence-electron chi connectivity index (χ2n) is 3.48. The molecule has 0 N–H and O–H groups in total. The lowest BCUT2D eigenvalue weighted by atomic mass is 10.1. The lowest BCUT2D eigenvalue weighted by Gasteiger charge is -2.22. The molecule has 1 fully saturated rings. The minimum Gasteiger partial charge on any atom is -0.376 e. The summed E-state index contributed by atoms with van der Waals surface area (Å²) in [5, 5.41) is 4.38. The van der Waals surface area contributed by atoms with Crippen LogP contribution in [0, 0.1) is 3.70 Å². The van der Waals surface area contributed by atoms with Crippen molar-refractivity contribution in [2.24, 2.45) is 0 Å². The van der Waals surface area contributed by atoms with Gasteiger partial charge in [-0.25, -0.2) is 0 Å². The van der Waals surface area contributed by atoms with Gasteiger partial charge in [-0.15, -0.1) is 0 Å². The Morgan fingerprint density at radius 1 is 1.64 bits per heavy atom. The molecule has 0 bridgehead atoms. The van der Waals surface area contributed by atoms with E-state index >= 15 is 0 Å². The van der Waals surface area contributed by atoms with Crippen LogP contribution in [0.2, 0.25) is 0 Å². The van der Waals surface area contributed by atoms with E-state index in [0.29, 0.717) is 6.10 Å². The molecule has 1 atom stereocenters. The van der Waals surface area contributed by atoms with Gasteiger partial charge in [-0.3, -0.25) is 4.68 Å². The van der Waals surface area contributed by atoms with Crippen molar-refractivity contribution < 1.29 is 4.74 Å². The van der Waals surface area contributed by atoms with Crippen LogP contribution in [0.3, 0.4) is 0 Å². The molecule has 0 spiro atoms. The summed E-state index contributed by atoms with van der Waals surface area (Å²) in [6, 6.07) is 0. The zero-order valence-corrected chi connectivity index (χ0v) is 11.5. The maximum atomic E-state index is 5.65. The number of hydrogen-bond acceptors (Lipinski definition) is 2. The van der Waals surface area contributed by atoms with E-state index < -0.39 is 0 Å². The fourth-order valence-corrected chi connectivity index (χ4v) is 2.36. The summed E-state index contributed by atoms with van der Waals surface area (Å²) in [7, 11) is 0. The normalized spacial score (nSPS) is 22.6. The first kappa shape index (κ1) is 10.9. The predicted octanol–water partition coefficient (Wildman–Crippen LogP) is 2.82. The van der Waals surface area contributed by atoms with Crippen LogP contribution in [0.4, 0.5) is 0 Å². The summed E-state index contributed by atoms with van der Waals surface area (Å²) in [6.07, 6.45) is 6.01. The number of ether oxygens (including phenoxy) is 1. The first-order valence-electron chi connectivity index (χ1n) is 4.76. The van der Waals surface area contributed by atoms with Crippen LogP contribution in [-0.2, 0) is 11.3 Å². The quantitative estimate of drug-likeness (QED) is 0.748. The summed E-state index contributed by atoms with van der Waals surface area (Å²) >= 11 is 5.67. The van der Waals surface area contributed by atoms with E-state index in [2.05, 4.69) is 43.6 Å². The third kappa shape index (κ3) is 2.70. The first-order valence-corrected chi connectivity index (χ1v) is 6.63. The fraction of sp³-hybridized carbons (Fsp3) is 0.667. The Bertz CT molecular complexity index is 290. The molecule has 0 amide bonds. The number of rotatable bonds is 2. The molecule has 3 nitrogen and oxygen atoms in total. The molecule has 1 saturated heterocycles. The maximum Gasteiger partial charge on any atom is 0.137 e. The van der Waals surface area contributed by atoms with Gasteiger partial charge in [-0.1, -0.05) is 0 Å². The van der Waals surface area contributed by atoms with E-state index in [4.69, 9.17) is 4.74 Å². The number of halogens is 2. The standard InChI is InChI=1S/C9H12BrIN2O/c10-8-6-13(12-9(8)11)5-7-3-1-2-4-14-7/h6-7H,1-5H2. The smallest absolute Gasteiger partial charge is 0.137 e. The van der Waals surface area contributed by atoms with Gasteiger partial charge in [-0.2, -0.15) is 5.10 Å². The second kappa shape index (κ2) is 4.94. The van der Waals surface area contributed by atoms with E-state index in [0.717, 1.165) is 27.7 Å². The van der Waals surface area contributed by atoms with E-state index in [1.54, 1.807) is 0 Å². The molecule has 14 heavy (non-hydrogen) atoms. The minimum atomic E-state index is 0.353. The lowest BCUT2D eigenvalue weighted by molar-refractivity contribution is 0.00393. The van der Waals surface area contributed by atoms with E-state index in [1.165, 1.54) is 12.8 Å². The molecule has 0 aromatic carbocycles. The Hall–Kier alpha value is 0.380.